The standard InChI is InChI=1S/C13H27N/c1-6-8-9-12(14)13(4,5)10-11(3)7-2/h11,14H,6-10H2,1-5H3. The highest BCUT2D eigenvalue weighted by Gasteiger charge is 2.24. The molecule has 0 saturated carbocycles. The highest BCUT2D eigenvalue weighted by atomic mass is 14.5. The zero-order valence-electron chi connectivity index (χ0n) is 10.6. The topological polar surface area (TPSA) is 23.9 Å². The zero-order chi connectivity index (χ0) is 11.2. The van der Waals surface area contributed by atoms with Crippen LogP contribution >= 0.6 is 0 Å². The quantitative estimate of drug-likeness (QED) is 0.574. The molecule has 1 unspecified atom stereocenters. The monoisotopic (exact) mass is 197 g/mol. The molecule has 0 radical (unpaired) electrons. The fourth-order valence-corrected chi connectivity index (χ4v) is 1.83. The van der Waals surface area contributed by atoms with E-state index in [0.29, 0.717) is 0 Å². The normalized spacial score (nSPS) is 14.1. The summed E-state index contributed by atoms with van der Waals surface area (Å²) < 4.78 is 0. The van der Waals surface area contributed by atoms with Gasteiger partial charge < -0.3 is 5.41 Å². The van der Waals surface area contributed by atoms with Crippen molar-refractivity contribution in [2.24, 2.45) is 11.3 Å². The summed E-state index contributed by atoms with van der Waals surface area (Å²) in [7, 11) is 0. The Morgan fingerprint density at radius 3 is 2.29 bits per heavy atom. The summed E-state index contributed by atoms with van der Waals surface area (Å²) in [4.78, 5) is 0. The fraction of sp³-hybridized carbons (Fsp3) is 0.923. The number of rotatable bonds is 7. The van der Waals surface area contributed by atoms with Crippen LogP contribution in [0.4, 0.5) is 0 Å². The summed E-state index contributed by atoms with van der Waals surface area (Å²) in [6.07, 6.45) is 5.74. The predicted molar refractivity (Wildman–Crippen MR) is 65.1 cm³/mol. The maximum Gasteiger partial charge on any atom is 0.0145 e. The van der Waals surface area contributed by atoms with Gasteiger partial charge in [0.15, 0.2) is 0 Å². The van der Waals surface area contributed by atoms with Crippen molar-refractivity contribution in [1.29, 1.82) is 5.41 Å². The molecule has 1 nitrogen and oxygen atoms in total. The molecule has 0 spiro atoms. The van der Waals surface area contributed by atoms with Crippen LogP contribution in [0.3, 0.4) is 0 Å². The second-order valence-corrected chi connectivity index (χ2v) is 5.18. The van der Waals surface area contributed by atoms with Crippen molar-refractivity contribution in [2.75, 3.05) is 0 Å². The van der Waals surface area contributed by atoms with Crippen LogP contribution in [0.5, 0.6) is 0 Å². The van der Waals surface area contributed by atoms with Crippen molar-refractivity contribution in [2.45, 2.75) is 66.7 Å². The first-order valence-electron chi connectivity index (χ1n) is 6.02. The van der Waals surface area contributed by atoms with E-state index in [2.05, 4.69) is 34.6 Å². The minimum atomic E-state index is 0.116. The summed E-state index contributed by atoms with van der Waals surface area (Å²) >= 11 is 0. The van der Waals surface area contributed by atoms with Gasteiger partial charge >= 0.3 is 0 Å². The van der Waals surface area contributed by atoms with Crippen LogP contribution in [0.1, 0.15) is 66.7 Å². The van der Waals surface area contributed by atoms with Crippen molar-refractivity contribution in [1.82, 2.24) is 0 Å². The van der Waals surface area contributed by atoms with E-state index in [4.69, 9.17) is 5.41 Å². The molecule has 0 bridgehead atoms. The van der Waals surface area contributed by atoms with Crippen LogP contribution in [0.2, 0.25) is 0 Å². The molecular weight excluding hydrogens is 170 g/mol. The Balaban J connectivity index is 4.08. The molecule has 84 valence electrons. The molecule has 1 atom stereocenters. The first-order valence-corrected chi connectivity index (χ1v) is 6.02. The summed E-state index contributed by atoms with van der Waals surface area (Å²) in [5.41, 5.74) is 1.06. The summed E-state index contributed by atoms with van der Waals surface area (Å²) in [5, 5.41) is 8.06. The van der Waals surface area contributed by atoms with E-state index >= 15 is 0 Å². The van der Waals surface area contributed by atoms with Crippen molar-refractivity contribution in [3.8, 4) is 0 Å². The van der Waals surface area contributed by atoms with E-state index in [9.17, 15) is 0 Å². The van der Waals surface area contributed by atoms with Gasteiger partial charge in [-0.05, 0) is 25.2 Å². The number of hydrogen-bond donors (Lipinski definition) is 1. The van der Waals surface area contributed by atoms with Gasteiger partial charge in [0.2, 0.25) is 0 Å². The van der Waals surface area contributed by atoms with Gasteiger partial charge in [0.1, 0.15) is 0 Å². The molecule has 1 heteroatoms. The van der Waals surface area contributed by atoms with Gasteiger partial charge in [-0.15, -0.1) is 0 Å². The van der Waals surface area contributed by atoms with Gasteiger partial charge in [0, 0.05) is 11.1 Å². The number of unbranched alkanes of at least 4 members (excludes halogenated alkanes) is 1. The summed E-state index contributed by atoms with van der Waals surface area (Å²) in [6, 6.07) is 0. The lowest BCUT2D eigenvalue weighted by atomic mass is 9.77. The fourth-order valence-electron chi connectivity index (χ4n) is 1.83. The third-order valence-corrected chi connectivity index (χ3v) is 3.15. The molecule has 0 aromatic heterocycles. The van der Waals surface area contributed by atoms with E-state index in [0.717, 1.165) is 24.5 Å². The van der Waals surface area contributed by atoms with Crippen molar-refractivity contribution in [3.63, 3.8) is 0 Å². The molecule has 0 aliphatic carbocycles. The van der Waals surface area contributed by atoms with Crippen LogP contribution in [0, 0.1) is 16.7 Å². The van der Waals surface area contributed by atoms with Crippen LogP contribution < -0.4 is 0 Å². The van der Waals surface area contributed by atoms with Crippen molar-refractivity contribution in [3.05, 3.63) is 0 Å². The molecular formula is C13H27N. The van der Waals surface area contributed by atoms with Gasteiger partial charge in [0.05, 0.1) is 0 Å². The van der Waals surface area contributed by atoms with Gasteiger partial charge in [-0.25, -0.2) is 0 Å². The van der Waals surface area contributed by atoms with Crippen LogP contribution in [-0.2, 0) is 0 Å². The molecule has 1 N–H and O–H groups in total. The maximum absolute atomic E-state index is 8.06. The molecule has 0 amide bonds. The van der Waals surface area contributed by atoms with Gasteiger partial charge in [-0.2, -0.15) is 0 Å². The lowest BCUT2D eigenvalue weighted by Crippen LogP contribution is -2.25. The van der Waals surface area contributed by atoms with E-state index in [1.165, 1.54) is 19.3 Å². The molecule has 0 heterocycles. The molecule has 0 aliphatic heterocycles. The Labute approximate surface area is 89.8 Å². The average Bonchev–Trinajstić information content (AvgIpc) is 2.13. The van der Waals surface area contributed by atoms with Gasteiger partial charge in [-0.1, -0.05) is 47.5 Å². The molecule has 0 aromatic rings. The average molecular weight is 197 g/mol. The largest absolute Gasteiger partial charge is 0.309 e. The summed E-state index contributed by atoms with van der Waals surface area (Å²) in [5.74, 6) is 0.743. The first-order chi connectivity index (χ1) is 6.44. The third-order valence-electron chi connectivity index (χ3n) is 3.15. The zero-order valence-corrected chi connectivity index (χ0v) is 10.6. The highest BCUT2D eigenvalue weighted by Crippen LogP contribution is 2.29. The number of hydrogen-bond acceptors (Lipinski definition) is 1. The first kappa shape index (κ1) is 13.7. The Bertz CT molecular complexity index is 170. The van der Waals surface area contributed by atoms with Crippen molar-refractivity contribution >= 4 is 5.71 Å². The Kier molecular flexibility index (Phi) is 6.06. The molecule has 0 rings (SSSR count). The third kappa shape index (κ3) is 4.78. The van der Waals surface area contributed by atoms with E-state index < -0.39 is 0 Å². The lowest BCUT2D eigenvalue weighted by molar-refractivity contribution is 0.360. The van der Waals surface area contributed by atoms with Crippen LogP contribution in [-0.4, -0.2) is 5.71 Å². The molecule has 0 aromatic carbocycles. The molecule has 0 saturated heterocycles. The predicted octanol–water partition coefficient (Wildman–Crippen LogP) is 4.66. The Morgan fingerprint density at radius 1 is 1.29 bits per heavy atom. The summed E-state index contributed by atoms with van der Waals surface area (Å²) in [6.45, 7) is 11.1. The highest BCUT2D eigenvalue weighted by molar-refractivity contribution is 5.86. The second-order valence-electron chi connectivity index (χ2n) is 5.18. The van der Waals surface area contributed by atoms with Gasteiger partial charge in [0.25, 0.3) is 0 Å². The van der Waals surface area contributed by atoms with Crippen LogP contribution in [0.15, 0.2) is 0 Å². The van der Waals surface area contributed by atoms with Crippen LogP contribution in [0.25, 0.3) is 0 Å². The molecule has 0 fully saturated rings. The SMILES string of the molecule is CCCCC(=N)C(C)(C)CC(C)CC. The Morgan fingerprint density at radius 2 is 1.86 bits per heavy atom. The maximum atomic E-state index is 8.06. The molecule has 14 heavy (non-hydrogen) atoms. The molecule has 0 aliphatic rings. The van der Waals surface area contributed by atoms with Crippen molar-refractivity contribution < 1.29 is 0 Å². The second kappa shape index (κ2) is 6.21. The van der Waals surface area contributed by atoms with E-state index in [1.807, 2.05) is 0 Å². The van der Waals surface area contributed by atoms with E-state index in [1.54, 1.807) is 0 Å². The smallest absolute Gasteiger partial charge is 0.0145 e. The van der Waals surface area contributed by atoms with Gasteiger partial charge in [-0.3, -0.25) is 0 Å². The minimum Gasteiger partial charge on any atom is -0.309 e. The Hall–Kier alpha value is -0.330. The minimum absolute atomic E-state index is 0.116. The van der Waals surface area contributed by atoms with E-state index in [-0.39, 0.29) is 5.41 Å². The number of nitrogens with one attached hydrogen (secondary N) is 1. The lowest BCUT2D eigenvalue weighted by Gasteiger charge is -2.28.